The normalized spacial score (nSPS) is 12.2. The van der Waals surface area contributed by atoms with Crippen LogP contribution in [0.1, 0.15) is 41.8 Å². The fourth-order valence-electron chi connectivity index (χ4n) is 1.85. The van der Waals surface area contributed by atoms with E-state index in [1.54, 1.807) is 12.1 Å². The van der Waals surface area contributed by atoms with Gasteiger partial charge in [-0.25, -0.2) is 0 Å². The smallest absolute Gasteiger partial charge is 0.291 e. The Balaban J connectivity index is 2.16. The number of nitrogens with one attached hydrogen (secondary N) is 1. The first-order valence-electron chi connectivity index (χ1n) is 6.36. The van der Waals surface area contributed by atoms with Gasteiger partial charge in [0.1, 0.15) is 5.76 Å². The minimum absolute atomic E-state index is 0.218. The molecule has 2 aromatic rings. The number of rotatable bonds is 4. The van der Waals surface area contributed by atoms with E-state index >= 15 is 0 Å². The Morgan fingerprint density at radius 1 is 1.32 bits per heavy atom. The van der Waals surface area contributed by atoms with Crippen LogP contribution >= 0.6 is 0 Å². The lowest BCUT2D eigenvalue weighted by Gasteiger charge is -2.08. The number of hydrogen-bond acceptors (Lipinski definition) is 3. The molecule has 3 N–H and O–H groups in total. The molecule has 0 saturated heterocycles. The van der Waals surface area contributed by atoms with Crippen molar-refractivity contribution in [1.82, 2.24) is 0 Å². The number of carbonyl (C=O) groups is 1. The van der Waals surface area contributed by atoms with Crippen LogP contribution in [0.25, 0.3) is 0 Å². The van der Waals surface area contributed by atoms with Crippen LogP contribution in [0.15, 0.2) is 40.8 Å². The highest BCUT2D eigenvalue weighted by atomic mass is 16.4. The molecule has 19 heavy (non-hydrogen) atoms. The first kappa shape index (κ1) is 13.4. The van der Waals surface area contributed by atoms with Gasteiger partial charge in [0.2, 0.25) is 0 Å². The van der Waals surface area contributed by atoms with Gasteiger partial charge in [-0.05, 0) is 37.1 Å². The molecular weight excluding hydrogens is 240 g/mol. The Morgan fingerprint density at radius 2 is 2.05 bits per heavy atom. The van der Waals surface area contributed by atoms with Gasteiger partial charge in [-0.1, -0.05) is 25.1 Å². The van der Waals surface area contributed by atoms with E-state index in [4.69, 9.17) is 10.2 Å². The second kappa shape index (κ2) is 5.71. The fourth-order valence-corrected chi connectivity index (χ4v) is 1.85. The molecule has 0 aliphatic carbocycles. The number of furan rings is 1. The quantitative estimate of drug-likeness (QED) is 0.885. The van der Waals surface area contributed by atoms with Crippen molar-refractivity contribution in [2.24, 2.45) is 5.73 Å². The van der Waals surface area contributed by atoms with Crippen molar-refractivity contribution in [3.05, 3.63) is 53.5 Å². The van der Waals surface area contributed by atoms with E-state index in [-0.39, 0.29) is 17.7 Å². The van der Waals surface area contributed by atoms with E-state index < -0.39 is 0 Å². The van der Waals surface area contributed by atoms with Gasteiger partial charge in [0.25, 0.3) is 5.91 Å². The molecule has 0 saturated carbocycles. The molecule has 1 aromatic carbocycles. The van der Waals surface area contributed by atoms with E-state index in [1.807, 2.05) is 38.1 Å². The van der Waals surface area contributed by atoms with Gasteiger partial charge >= 0.3 is 0 Å². The van der Waals surface area contributed by atoms with E-state index in [0.29, 0.717) is 5.76 Å². The lowest BCUT2D eigenvalue weighted by Crippen LogP contribution is -2.12. The van der Waals surface area contributed by atoms with Crippen LogP contribution in [-0.2, 0) is 6.42 Å². The van der Waals surface area contributed by atoms with Gasteiger partial charge in [-0.15, -0.1) is 0 Å². The second-order valence-electron chi connectivity index (χ2n) is 4.46. The molecule has 4 heteroatoms. The number of anilines is 1. The van der Waals surface area contributed by atoms with Crippen molar-refractivity contribution in [3.8, 4) is 0 Å². The minimum atomic E-state index is -0.257. The number of carbonyl (C=O) groups excluding carboxylic acids is 1. The Kier molecular flexibility index (Phi) is 4.02. The average molecular weight is 258 g/mol. The molecule has 0 bridgehead atoms. The van der Waals surface area contributed by atoms with Crippen LogP contribution in [0, 0.1) is 0 Å². The third-order valence-corrected chi connectivity index (χ3v) is 2.95. The molecule has 1 unspecified atom stereocenters. The zero-order valence-electron chi connectivity index (χ0n) is 11.1. The largest absolute Gasteiger partial charge is 0.454 e. The van der Waals surface area contributed by atoms with Gasteiger partial charge < -0.3 is 15.5 Å². The van der Waals surface area contributed by atoms with Crippen LogP contribution < -0.4 is 11.1 Å². The molecule has 1 amide bonds. The monoisotopic (exact) mass is 258 g/mol. The van der Waals surface area contributed by atoms with Crippen molar-refractivity contribution in [1.29, 1.82) is 0 Å². The number of para-hydroxylation sites is 1. The van der Waals surface area contributed by atoms with Crippen molar-refractivity contribution < 1.29 is 9.21 Å². The molecule has 0 spiro atoms. The summed E-state index contributed by atoms with van der Waals surface area (Å²) in [4.78, 5) is 12.1. The third kappa shape index (κ3) is 3.03. The highest BCUT2D eigenvalue weighted by molar-refractivity contribution is 6.02. The molecule has 1 atom stereocenters. The molecule has 0 fully saturated rings. The summed E-state index contributed by atoms with van der Waals surface area (Å²) >= 11 is 0. The van der Waals surface area contributed by atoms with Gasteiger partial charge in [-0.2, -0.15) is 0 Å². The van der Waals surface area contributed by atoms with Crippen molar-refractivity contribution >= 4 is 11.6 Å². The molecule has 100 valence electrons. The van der Waals surface area contributed by atoms with Crippen molar-refractivity contribution in [2.75, 3.05) is 5.32 Å². The number of hydrogen-bond donors (Lipinski definition) is 2. The second-order valence-corrected chi connectivity index (χ2v) is 4.46. The summed E-state index contributed by atoms with van der Waals surface area (Å²) < 4.78 is 5.42. The summed E-state index contributed by atoms with van der Waals surface area (Å²) in [6.07, 6.45) is 0.861. The summed E-state index contributed by atoms with van der Waals surface area (Å²) in [7, 11) is 0. The molecule has 1 heterocycles. The highest BCUT2D eigenvalue weighted by Gasteiger charge is 2.14. The number of amides is 1. The van der Waals surface area contributed by atoms with Gasteiger partial charge in [-0.3, -0.25) is 4.79 Å². The fraction of sp³-hybridized carbons (Fsp3) is 0.267. The topological polar surface area (TPSA) is 68.3 Å². The molecular formula is C15H18N2O2. The predicted octanol–water partition coefficient (Wildman–Crippen LogP) is 3.11. The lowest BCUT2D eigenvalue weighted by molar-refractivity contribution is 0.0994. The lowest BCUT2D eigenvalue weighted by atomic mass is 10.1. The third-order valence-electron chi connectivity index (χ3n) is 2.95. The van der Waals surface area contributed by atoms with E-state index in [9.17, 15) is 4.79 Å². The van der Waals surface area contributed by atoms with E-state index in [2.05, 4.69) is 5.32 Å². The predicted molar refractivity (Wildman–Crippen MR) is 75.1 cm³/mol. The SMILES string of the molecule is CCc1ccccc1NC(=O)c1ccc(C(C)N)o1. The zero-order valence-corrected chi connectivity index (χ0v) is 11.1. The van der Waals surface area contributed by atoms with Crippen LogP contribution in [0.2, 0.25) is 0 Å². The molecule has 0 aliphatic rings. The van der Waals surface area contributed by atoms with Gasteiger partial charge in [0, 0.05) is 5.69 Å². The number of nitrogens with two attached hydrogens (primary N) is 1. The Morgan fingerprint density at radius 3 is 2.68 bits per heavy atom. The molecule has 0 radical (unpaired) electrons. The first-order valence-corrected chi connectivity index (χ1v) is 6.36. The van der Waals surface area contributed by atoms with Gasteiger partial charge in [0.15, 0.2) is 5.76 Å². The highest BCUT2D eigenvalue weighted by Crippen LogP contribution is 2.19. The molecule has 2 rings (SSSR count). The standard InChI is InChI=1S/C15H18N2O2/c1-3-11-6-4-5-7-12(11)17-15(18)14-9-8-13(19-14)10(2)16/h4-10H,3,16H2,1-2H3,(H,17,18). The maximum absolute atomic E-state index is 12.1. The van der Waals surface area contributed by atoms with Crippen molar-refractivity contribution in [3.63, 3.8) is 0 Å². The van der Waals surface area contributed by atoms with Crippen LogP contribution in [0.4, 0.5) is 5.69 Å². The Labute approximate surface area is 112 Å². The summed E-state index contributed by atoms with van der Waals surface area (Å²) in [5, 5.41) is 2.86. The molecule has 4 nitrogen and oxygen atoms in total. The van der Waals surface area contributed by atoms with Crippen LogP contribution in [-0.4, -0.2) is 5.91 Å². The Hall–Kier alpha value is -2.07. The number of aryl methyl sites for hydroxylation is 1. The minimum Gasteiger partial charge on any atom is -0.454 e. The Bertz CT molecular complexity index is 573. The van der Waals surface area contributed by atoms with Crippen molar-refractivity contribution in [2.45, 2.75) is 26.3 Å². The zero-order chi connectivity index (χ0) is 13.8. The van der Waals surface area contributed by atoms with E-state index in [0.717, 1.165) is 17.7 Å². The summed E-state index contributed by atoms with van der Waals surface area (Å²) in [6.45, 7) is 3.86. The molecule has 0 aliphatic heterocycles. The van der Waals surface area contributed by atoms with E-state index in [1.165, 1.54) is 0 Å². The number of benzene rings is 1. The average Bonchev–Trinajstić information content (AvgIpc) is 2.89. The summed E-state index contributed by atoms with van der Waals surface area (Å²) in [6, 6.07) is 10.9. The maximum Gasteiger partial charge on any atom is 0.291 e. The van der Waals surface area contributed by atoms with Crippen LogP contribution in [0.5, 0.6) is 0 Å². The van der Waals surface area contributed by atoms with Gasteiger partial charge in [0.05, 0.1) is 6.04 Å². The summed E-state index contributed by atoms with van der Waals surface area (Å²) in [5.41, 5.74) is 7.61. The first-order chi connectivity index (χ1) is 9.11. The summed E-state index contributed by atoms with van der Waals surface area (Å²) in [5.74, 6) is 0.625. The maximum atomic E-state index is 12.1. The molecule has 1 aromatic heterocycles. The van der Waals surface area contributed by atoms with Crippen LogP contribution in [0.3, 0.4) is 0 Å².